The number of methoxy groups -OCH3 is 1. The second kappa shape index (κ2) is 19.7. The van der Waals surface area contributed by atoms with E-state index in [4.69, 9.17) is 28.4 Å². The van der Waals surface area contributed by atoms with Gasteiger partial charge in [-0.05, 0) is 19.8 Å². The quantitative estimate of drug-likeness (QED) is 0.0527. The van der Waals surface area contributed by atoms with Gasteiger partial charge in [0.05, 0.1) is 26.4 Å². The number of carbonyl (C=O) groups excluding carboxylic acids is 2. The standard InChI is InChI=1S/C30H53NO17/c1-14-20(35)24(39)27(48-29-19(31-15(2)33)23(38)21(36)16(12-32)47-29)30(45-14)44-13-17-22(37)25(40)26(28(41)46-17)43-11-9-7-5-4-6-8-10-18(34)42-3/h14,16-17,19-30,32,35-41H,4-13H2,1-3H3,(H,31,33)/t14-,16-,17-,19-,20-,21-,22-,23-,24+,25+,26-,27+,28-,29+,30+/m1/s1. The van der Waals surface area contributed by atoms with Crippen LogP contribution in [0.3, 0.4) is 0 Å². The molecule has 0 spiro atoms. The molecule has 0 aliphatic carbocycles. The minimum atomic E-state index is -1.66. The maximum absolute atomic E-state index is 11.8. The van der Waals surface area contributed by atoms with E-state index in [1.807, 2.05) is 0 Å². The number of hydrogen-bond acceptors (Lipinski definition) is 17. The number of amides is 1. The first kappa shape index (κ1) is 40.8. The van der Waals surface area contributed by atoms with Crippen LogP contribution in [0.15, 0.2) is 0 Å². The topological polar surface area (TPSA) is 273 Å². The van der Waals surface area contributed by atoms with Crippen molar-refractivity contribution < 1.29 is 83.6 Å². The fourth-order valence-corrected chi connectivity index (χ4v) is 5.85. The van der Waals surface area contributed by atoms with Gasteiger partial charge in [-0.3, -0.25) is 9.59 Å². The molecule has 280 valence electrons. The van der Waals surface area contributed by atoms with Gasteiger partial charge in [-0.1, -0.05) is 25.7 Å². The molecule has 0 aromatic heterocycles. The first-order chi connectivity index (χ1) is 22.8. The number of aliphatic hydroxyl groups excluding tert-OH is 8. The van der Waals surface area contributed by atoms with E-state index in [2.05, 4.69) is 10.1 Å². The third-order valence-electron chi connectivity index (χ3n) is 8.73. The predicted molar refractivity (Wildman–Crippen MR) is 160 cm³/mol. The molecule has 9 N–H and O–H groups in total. The van der Waals surface area contributed by atoms with Crippen molar-refractivity contribution >= 4 is 11.9 Å². The Hall–Kier alpha value is -1.62. The molecule has 0 aromatic carbocycles. The highest BCUT2D eigenvalue weighted by Gasteiger charge is 2.52. The number of hydrogen-bond donors (Lipinski definition) is 9. The molecule has 18 heteroatoms. The lowest BCUT2D eigenvalue weighted by molar-refractivity contribution is -0.359. The van der Waals surface area contributed by atoms with Crippen LogP contribution in [0.5, 0.6) is 0 Å². The summed E-state index contributed by atoms with van der Waals surface area (Å²) in [6.45, 7) is 1.57. The molecule has 3 saturated heterocycles. The van der Waals surface area contributed by atoms with Crippen LogP contribution in [0.1, 0.15) is 58.8 Å². The van der Waals surface area contributed by atoms with Crippen LogP contribution in [0, 0.1) is 0 Å². The highest BCUT2D eigenvalue weighted by molar-refractivity contribution is 5.73. The average Bonchev–Trinajstić information content (AvgIpc) is 3.05. The molecule has 15 atom stereocenters. The Labute approximate surface area is 278 Å². The van der Waals surface area contributed by atoms with E-state index in [1.54, 1.807) is 0 Å². The molecule has 3 aliphatic rings. The summed E-state index contributed by atoms with van der Waals surface area (Å²) < 4.78 is 38.6. The summed E-state index contributed by atoms with van der Waals surface area (Å²) in [5.41, 5.74) is 0. The zero-order valence-corrected chi connectivity index (χ0v) is 27.5. The van der Waals surface area contributed by atoms with Crippen LogP contribution in [0.4, 0.5) is 0 Å². The number of rotatable bonds is 17. The van der Waals surface area contributed by atoms with Gasteiger partial charge in [-0.25, -0.2) is 0 Å². The maximum Gasteiger partial charge on any atom is 0.305 e. The van der Waals surface area contributed by atoms with Gasteiger partial charge < -0.3 is 79.3 Å². The summed E-state index contributed by atoms with van der Waals surface area (Å²) in [7, 11) is 1.36. The molecule has 0 radical (unpaired) electrons. The molecule has 0 aromatic rings. The van der Waals surface area contributed by atoms with Crippen LogP contribution >= 0.6 is 0 Å². The van der Waals surface area contributed by atoms with Crippen molar-refractivity contribution in [2.24, 2.45) is 0 Å². The Morgan fingerprint density at radius 1 is 0.708 bits per heavy atom. The van der Waals surface area contributed by atoms with Crippen LogP contribution in [-0.2, 0) is 42.7 Å². The third-order valence-corrected chi connectivity index (χ3v) is 8.73. The van der Waals surface area contributed by atoms with E-state index in [0.717, 1.165) is 39.0 Å². The lowest BCUT2D eigenvalue weighted by Crippen LogP contribution is -2.67. The second-order valence-electron chi connectivity index (χ2n) is 12.4. The molecule has 0 bridgehead atoms. The maximum atomic E-state index is 11.8. The Morgan fingerprint density at radius 3 is 1.98 bits per heavy atom. The first-order valence-electron chi connectivity index (χ1n) is 16.4. The lowest BCUT2D eigenvalue weighted by atomic mass is 9.96. The lowest BCUT2D eigenvalue weighted by Gasteiger charge is -2.47. The van der Waals surface area contributed by atoms with Gasteiger partial charge >= 0.3 is 5.97 Å². The van der Waals surface area contributed by atoms with Crippen LogP contribution in [0.25, 0.3) is 0 Å². The molecule has 48 heavy (non-hydrogen) atoms. The summed E-state index contributed by atoms with van der Waals surface area (Å²) in [4.78, 5) is 23.0. The summed E-state index contributed by atoms with van der Waals surface area (Å²) >= 11 is 0. The molecule has 0 saturated carbocycles. The Bertz CT molecular complexity index is 978. The van der Waals surface area contributed by atoms with Gasteiger partial charge in [0.2, 0.25) is 5.91 Å². The van der Waals surface area contributed by atoms with Crippen molar-refractivity contribution in [3.63, 3.8) is 0 Å². The second-order valence-corrected chi connectivity index (χ2v) is 12.4. The average molecular weight is 700 g/mol. The van der Waals surface area contributed by atoms with Crippen molar-refractivity contribution in [1.29, 1.82) is 0 Å². The van der Waals surface area contributed by atoms with E-state index >= 15 is 0 Å². The van der Waals surface area contributed by atoms with Crippen molar-refractivity contribution in [2.45, 2.75) is 151 Å². The number of esters is 1. The Kier molecular flexibility index (Phi) is 16.7. The molecule has 3 rings (SSSR count). The van der Waals surface area contributed by atoms with Gasteiger partial charge in [0.1, 0.15) is 67.1 Å². The van der Waals surface area contributed by atoms with Crippen LogP contribution in [0.2, 0.25) is 0 Å². The fraction of sp³-hybridized carbons (Fsp3) is 0.933. The van der Waals surface area contributed by atoms with Gasteiger partial charge in [0.25, 0.3) is 0 Å². The van der Waals surface area contributed by atoms with Crippen molar-refractivity contribution in [2.75, 3.05) is 26.9 Å². The zero-order chi connectivity index (χ0) is 35.5. The molecular formula is C30H53NO17. The van der Waals surface area contributed by atoms with Crippen molar-refractivity contribution in [3.05, 3.63) is 0 Å². The van der Waals surface area contributed by atoms with Crippen molar-refractivity contribution in [1.82, 2.24) is 5.32 Å². The normalized spacial score (nSPS) is 40.4. The summed E-state index contributed by atoms with van der Waals surface area (Å²) in [6, 6.07) is -1.37. The first-order valence-corrected chi connectivity index (χ1v) is 16.4. The van der Waals surface area contributed by atoms with Gasteiger partial charge in [0, 0.05) is 20.0 Å². The molecule has 3 fully saturated rings. The summed E-state index contributed by atoms with van der Waals surface area (Å²) in [5.74, 6) is -0.844. The highest BCUT2D eigenvalue weighted by Crippen LogP contribution is 2.31. The predicted octanol–water partition coefficient (Wildman–Crippen LogP) is -3.47. The summed E-state index contributed by atoms with van der Waals surface area (Å²) in [5, 5.41) is 86.3. The van der Waals surface area contributed by atoms with Gasteiger partial charge in [-0.15, -0.1) is 0 Å². The highest BCUT2D eigenvalue weighted by atomic mass is 16.8. The number of aliphatic hydroxyl groups is 8. The Morgan fingerprint density at radius 2 is 1.33 bits per heavy atom. The molecular weight excluding hydrogens is 646 g/mol. The summed E-state index contributed by atoms with van der Waals surface area (Å²) in [6.07, 6.45) is -15.3. The number of carbonyl (C=O) groups is 2. The van der Waals surface area contributed by atoms with E-state index in [0.29, 0.717) is 12.8 Å². The van der Waals surface area contributed by atoms with Gasteiger partial charge in [-0.2, -0.15) is 0 Å². The van der Waals surface area contributed by atoms with Crippen LogP contribution in [-0.4, -0.2) is 172 Å². The number of ether oxygens (including phenoxy) is 7. The molecule has 1 amide bonds. The molecule has 0 unspecified atom stereocenters. The largest absolute Gasteiger partial charge is 0.469 e. The fourth-order valence-electron chi connectivity index (χ4n) is 5.85. The zero-order valence-electron chi connectivity index (χ0n) is 27.5. The molecule has 3 aliphatic heterocycles. The SMILES string of the molecule is COC(=O)CCCCCCCCO[C@@H]1[C@@H](O)[C@H](O)[C@@H](CO[C@H]2O[C@H](C)[C@@H](O)[C@H](O)[C@@H]2O[C@@H]2O[C@H](CO)[C@@H](O)[C@H](O)[C@H]2NC(C)=O)O[C@H]1O. The third kappa shape index (κ3) is 10.9. The van der Waals surface area contributed by atoms with E-state index in [-0.39, 0.29) is 12.6 Å². The Balaban J connectivity index is 1.54. The molecule has 18 nitrogen and oxygen atoms in total. The minimum Gasteiger partial charge on any atom is -0.469 e. The van der Waals surface area contributed by atoms with E-state index < -0.39 is 111 Å². The molecule has 3 heterocycles. The smallest absolute Gasteiger partial charge is 0.305 e. The number of unbranched alkanes of at least 4 members (excludes halogenated alkanes) is 5. The van der Waals surface area contributed by atoms with E-state index in [1.165, 1.54) is 14.0 Å². The minimum absolute atomic E-state index is 0.191. The van der Waals surface area contributed by atoms with E-state index in [9.17, 15) is 50.4 Å². The van der Waals surface area contributed by atoms with Gasteiger partial charge in [0.15, 0.2) is 18.9 Å². The van der Waals surface area contributed by atoms with Crippen molar-refractivity contribution in [3.8, 4) is 0 Å². The monoisotopic (exact) mass is 699 g/mol. The van der Waals surface area contributed by atoms with Crippen LogP contribution < -0.4 is 5.32 Å². The number of nitrogens with one attached hydrogen (secondary N) is 1.